The number of aromatic nitrogens is 2. The van der Waals surface area contributed by atoms with Gasteiger partial charge >= 0.3 is 5.97 Å². The molecule has 1 heterocycles. The molecular formula is C11H8Cl2N2O2. The Hall–Kier alpha value is -1.52. The van der Waals surface area contributed by atoms with Crippen LogP contribution < -0.4 is 0 Å². The Balaban J connectivity index is 2.33. The number of hydrogen-bond acceptors (Lipinski definition) is 2. The van der Waals surface area contributed by atoms with E-state index in [2.05, 4.69) is 4.98 Å². The van der Waals surface area contributed by atoms with Crippen LogP contribution in [-0.2, 0) is 11.2 Å². The highest BCUT2D eigenvalue weighted by Crippen LogP contribution is 2.24. The second-order valence-corrected chi connectivity index (χ2v) is 4.28. The largest absolute Gasteiger partial charge is 0.481 e. The third-order valence-corrected chi connectivity index (χ3v) is 2.69. The molecule has 6 heteroatoms. The normalized spacial score (nSPS) is 10.5. The topological polar surface area (TPSA) is 55.1 Å². The van der Waals surface area contributed by atoms with Crippen molar-refractivity contribution in [3.8, 4) is 5.69 Å². The molecule has 2 rings (SSSR count). The predicted octanol–water partition coefficient (Wildman–Crippen LogP) is 2.81. The number of imidazole rings is 1. The average molecular weight is 271 g/mol. The highest BCUT2D eigenvalue weighted by molar-refractivity contribution is 6.35. The molecule has 88 valence electrons. The first-order chi connectivity index (χ1) is 8.06. The fourth-order valence-corrected chi connectivity index (χ4v) is 1.94. The molecule has 4 nitrogen and oxygen atoms in total. The van der Waals surface area contributed by atoms with E-state index in [-0.39, 0.29) is 6.42 Å². The lowest BCUT2D eigenvalue weighted by molar-refractivity contribution is -0.136. The molecule has 0 atom stereocenters. The average Bonchev–Trinajstić information content (AvgIpc) is 2.65. The molecule has 0 amide bonds. The lowest BCUT2D eigenvalue weighted by Gasteiger charge is -2.04. The van der Waals surface area contributed by atoms with Crippen LogP contribution in [0.3, 0.4) is 0 Å². The summed E-state index contributed by atoms with van der Waals surface area (Å²) in [5.74, 6) is -0.919. The van der Waals surface area contributed by atoms with E-state index in [9.17, 15) is 4.79 Å². The van der Waals surface area contributed by atoms with Crippen LogP contribution in [-0.4, -0.2) is 20.6 Å². The van der Waals surface area contributed by atoms with Gasteiger partial charge in [-0.05, 0) is 18.2 Å². The summed E-state index contributed by atoms with van der Waals surface area (Å²) < 4.78 is 1.66. The van der Waals surface area contributed by atoms with Crippen molar-refractivity contribution in [1.29, 1.82) is 0 Å². The second-order valence-electron chi connectivity index (χ2n) is 3.44. The molecule has 1 aromatic carbocycles. The van der Waals surface area contributed by atoms with E-state index in [0.717, 1.165) is 0 Å². The van der Waals surface area contributed by atoms with Gasteiger partial charge in [0.05, 0.1) is 29.2 Å². The fourth-order valence-electron chi connectivity index (χ4n) is 1.43. The van der Waals surface area contributed by atoms with Crippen molar-refractivity contribution in [1.82, 2.24) is 9.55 Å². The van der Waals surface area contributed by atoms with Crippen molar-refractivity contribution >= 4 is 29.2 Å². The summed E-state index contributed by atoms with van der Waals surface area (Å²) in [6.45, 7) is 0. The number of hydrogen-bond donors (Lipinski definition) is 1. The van der Waals surface area contributed by atoms with Crippen molar-refractivity contribution in [2.75, 3.05) is 0 Å². The van der Waals surface area contributed by atoms with Gasteiger partial charge in [-0.15, -0.1) is 0 Å². The van der Waals surface area contributed by atoms with Crippen LogP contribution >= 0.6 is 23.2 Å². The van der Waals surface area contributed by atoms with E-state index in [1.54, 1.807) is 29.0 Å². The van der Waals surface area contributed by atoms with E-state index in [1.807, 2.05) is 0 Å². The molecular weight excluding hydrogens is 263 g/mol. The monoisotopic (exact) mass is 270 g/mol. The Morgan fingerprint density at radius 1 is 1.41 bits per heavy atom. The number of carboxylic acid groups (broad SMARTS) is 1. The van der Waals surface area contributed by atoms with Crippen LogP contribution in [0, 0.1) is 0 Å². The van der Waals surface area contributed by atoms with Crippen LogP contribution in [0.2, 0.25) is 10.0 Å². The number of nitrogens with zero attached hydrogens (tertiary/aromatic N) is 2. The van der Waals surface area contributed by atoms with E-state index < -0.39 is 5.97 Å². The maximum Gasteiger partial charge on any atom is 0.309 e. The van der Waals surface area contributed by atoms with Gasteiger partial charge in [0.2, 0.25) is 0 Å². The number of carboxylic acids is 1. The summed E-state index contributed by atoms with van der Waals surface area (Å²) in [6.07, 6.45) is 3.04. The van der Waals surface area contributed by atoms with Gasteiger partial charge in [-0.2, -0.15) is 0 Å². The highest BCUT2D eigenvalue weighted by atomic mass is 35.5. The van der Waals surface area contributed by atoms with Gasteiger partial charge in [0.15, 0.2) is 0 Å². The summed E-state index contributed by atoms with van der Waals surface area (Å²) >= 11 is 11.8. The first kappa shape index (κ1) is 12.0. The molecule has 0 aliphatic heterocycles. The predicted molar refractivity (Wildman–Crippen MR) is 64.9 cm³/mol. The minimum Gasteiger partial charge on any atom is -0.481 e. The van der Waals surface area contributed by atoms with Gasteiger partial charge in [-0.25, -0.2) is 4.98 Å². The Bertz CT molecular complexity index is 566. The van der Waals surface area contributed by atoms with Crippen LogP contribution in [0.5, 0.6) is 0 Å². The zero-order valence-electron chi connectivity index (χ0n) is 8.60. The molecule has 0 fully saturated rings. The smallest absolute Gasteiger partial charge is 0.309 e. The molecule has 0 saturated heterocycles. The number of halogens is 2. The Labute approximate surface area is 107 Å². The van der Waals surface area contributed by atoms with E-state index in [1.165, 1.54) is 6.33 Å². The third-order valence-electron chi connectivity index (χ3n) is 2.16. The number of carbonyl (C=O) groups is 1. The maximum absolute atomic E-state index is 10.5. The third kappa shape index (κ3) is 2.78. The van der Waals surface area contributed by atoms with Crippen molar-refractivity contribution in [3.05, 3.63) is 46.5 Å². The van der Waals surface area contributed by atoms with Crippen LogP contribution in [0.4, 0.5) is 0 Å². The molecule has 1 N–H and O–H groups in total. The molecule has 2 aromatic rings. The van der Waals surface area contributed by atoms with Crippen molar-refractivity contribution in [3.63, 3.8) is 0 Å². The summed E-state index contributed by atoms with van der Waals surface area (Å²) in [7, 11) is 0. The summed E-state index contributed by atoms with van der Waals surface area (Å²) in [4.78, 5) is 14.5. The summed E-state index contributed by atoms with van der Waals surface area (Å²) in [6, 6.07) is 5.08. The van der Waals surface area contributed by atoms with Crippen LogP contribution in [0.1, 0.15) is 5.69 Å². The SMILES string of the molecule is O=C(O)Cc1cn(-c2ccc(Cl)cc2Cl)cn1. The van der Waals surface area contributed by atoms with E-state index in [0.29, 0.717) is 21.4 Å². The molecule has 0 saturated carbocycles. The fraction of sp³-hybridized carbons (Fsp3) is 0.0909. The van der Waals surface area contributed by atoms with Gasteiger partial charge in [0.25, 0.3) is 0 Å². The molecule has 17 heavy (non-hydrogen) atoms. The first-order valence-corrected chi connectivity index (χ1v) is 5.52. The minimum absolute atomic E-state index is 0.113. The van der Waals surface area contributed by atoms with E-state index >= 15 is 0 Å². The maximum atomic E-state index is 10.5. The van der Waals surface area contributed by atoms with Gasteiger partial charge in [-0.3, -0.25) is 4.79 Å². The van der Waals surface area contributed by atoms with Crippen LogP contribution in [0.25, 0.3) is 5.69 Å². The molecule has 0 bridgehead atoms. The van der Waals surface area contributed by atoms with Gasteiger partial charge in [0.1, 0.15) is 0 Å². The number of rotatable bonds is 3. The van der Waals surface area contributed by atoms with Crippen LogP contribution in [0.15, 0.2) is 30.7 Å². The summed E-state index contributed by atoms with van der Waals surface area (Å²) in [5, 5.41) is 9.67. The standard InChI is InChI=1S/C11H8Cl2N2O2/c12-7-1-2-10(9(13)3-7)15-5-8(14-6-15)4-11(16)17/h1-3,5-6H,4H2,(H,16,17). The summed E-state index contributed by atoms with van der Waals surface area (Å²) in [5.41, 5.74) is 1.18. The quantitative estimate of drug-likeness (QED) is 0.933. The molecule has 0 unspecified atom stereocenters. The van der Waals surface area contributed by atoms with Crippen molar-refractivity contribution in [2.45, 2.75) is 6.42 Å². The van der Waals surface area contributed by atoms with Gasteiger partial charge in [0, 0.05) is 11.2 Å². The Morgan fingerprint density at radius 3 is 2.82 bits per heavy atom. The second kappa shape index (κ2) is 4.77. The molecule has 0 aliphatic carbocycles. The zero-order valence-corrected chi connectivity index (χ0v) is 10.1. The first-order valence-electron chi connectivity index (χ1n) is 4.76. The number of aliphatic carboxylic acids is 1. The number of benzene rings is 1. The Morgan fingerprint density at radius 2 is 2.18 bits per heavy atom. The molecule has 0 radical (unpaired) electrons. The molecule has 0 spiro atoms. The molecule has 1 aromatic heterocycles. The van der Waals surface area contributed by atoms with Crippen molar-refractivity contribution < 1.29 is 9.90 Å². The zero-order chi connectivity index (χ0) is 12.4. The lowest BCUT2D eigenvalue weighted by atomic mass is 10.3. The lowest BCUT2D eigenvalue weighted by Crippen LogP contribution is -2.00. The van der Waals surface area contributed by atoms with Crippen molar-refractivity contribution in [2.24, 2.45) is 0 Å². The minimum atomic E-state index is -0.919. The molecule has 0 aliphatic rings. The Kier molecular flexibility index (Phi) is 3.36. The van der Waals surface area contributed by atoms with Gasteiger partial charge < -0.3 is 9.67 Å². The van der Waals surface area contributed by atoms with E-state index in [4.69, 9.17) is 28.3 Å². The highest BCUT2D eigenvalue weighted by Gasteiger charge is 2.07. The van der Waals surface area contributed by atoms with Gasteiger partial charge in [-0.1, -0.05) is 23.2 Å².